The number of hydrogen-bond donors (Lipinski definition) is 0. The van der Waals surface area contributed by atoms with Crippen LogP contribution in [-0.2, 0) is 19.6 Å². The molecule has 6 nitrogen and oxygen atoms in total. The van der Waals surface area contributed by atoms with Crippen LogP contribution >= 0.6 is 39.1 Å². The van der Waals surface area contributed by atoms with Crippen molar-refractivity contribution in [1.82, 2.24) is 14.7 Å². The molecule has 6 rings (SSSR count). The lowest BCUT2D eigenvalue weighted by Gasteiger charge is -2.39. The van der Waals surface area contributed by atoms with E-state index in [2.05, 4.69) is 51.7 Å². The molecule has 0 N–H and O–H groups in total. The molecular formula is C31H33BrCl2N4O2. The molecule has 0 aliphatic carbocycles. The van der Waals surface area contributed by atoms with E-state index >= 15 is 0 Å². The summed E-state index contributed by atoms with van der Waals surface area (Å²) in [4.78, 5) is 22.9. The molecule has 3 aliphatic heterocycles. The monoisotopic (exact) mass is 642 g/mol. The quantitative estimate of drug-likeness (QED) is 0.264. The number of fused-ring (bicyclic) bond motifs is 3. The van der Waals surface area contributed by atoms with E-state index < -0.39 is 0 Å². The van der Waals surface area contributed by atoms with Crippen molar-refractivity contribution in [1.29, 1.82) is 0 Å². The maximum absolute atomic E-state index is 14.2. The van der Waals surface area contributed by atoms with Gasteiger partial charge in [-0.1, -0.05) is 57.3 Å². The Morgan fingerprint density at radius 1 is 0.975 bits per heavy atom. The Hall–Kier alpha value is -2.29. The Morgan fingerprint density at radius 2 is 1.70 bits per heavy atom. The molecule has 2 fully saturated rings. The van der Waals surface area contributed by atoms with Gasteiger partial charge in [0.2, 0.25) is 0 Å². The van der Waals surface area contributed by atoms with E-state index in [-0.39, 0.29) is 6.03 Å². The van der Waals surface area contributed by atoms with E-state index in [0.29, 0.717) is 46.9 Å². The van der Waals surface area contributed by atoms with Gasteiger partial charge < -0.3 is 9.64 Å². The Kier molecular flexibility index (Phi) is 7.79. The van der Waals surface area contributed by atoms with Crippen molar-refractivity contribution >= 4 is 56.5 Å². The molecule has 2 unspecified atom stereocenters. The number of anilines is 2. The van der Waals surface area contributed by atoms with E-state index in [1.54, 1.807) is 30.2 Å². The first kappa shape index (κ1) is 27.9. The number of ether oxygens (including phenoxy) is 1. The number of benzene rings is 3. The highest BCUT2D eigenvalue weighted by molar-refractivity contribution is 9.10. The number of urea groups is 1. The zero-order chi connectivity index (χ0) is 28.1. The second-order valence-corrected chi connectivity index (χ2v) is 12.9. The summed E-state index contributed by atoms with van der Waals surface area (Å²) >= 11 is 17.3. The Bertz CT molecular complexity index is 1410. The van der Waals surface area contributed by atoms with Crippen molar-refractivity contribution < 1.29 is 9.53 Å². The zero-order valence-corrected chi connectivity index (χ0v) is 26.0. The summed E-state index contributed by atoms with van der Waals surface area (Å²) < 4.78 is 6.28. The first-order valence-corrected chi connectivity index (χ1v) is 15.3. The highest BCUT2D eigenvalue weighted by atomic mass is 79.9. The van der Waals surface area contributed by atoms with E-state index in [0.717, 1.165) is 46.7 Å². The van der Waals surface area contributed by atoms with E-state index in [9.17, 15) is 4.79 Å². The standard InChI is InChI=1S/C31H33BrCl2N4O2/c1-19(2)37-17-22-13-23(37)16-35(22)15-21-11-26(32)25-18-36(14-20-7-9-24(40-3)10-8-20)31(39)38(29(25)12-21)30-27(33)5-4-6-28(30)34/h4-12,19,22-23H,13-18H2,1-3H3. The number of nitrogens with zero attached hydrogens (tertiary/aromatic N) is 4. The molecule has 0 aromatic heterocycles. The topological polar surface area (TPSA) is 39.3 Å². The van der Waals surface area contributed by atoms with Crippen molar-refractivity contribution in [2.45, 2.75) is 58.0 Å². The molecule has 0 saturated carbocycles. The van der Waals surface area contributed by atoms with Gasteiger partial charge in [0, 0.05) is 54.3 Å². The maximum Gasteiger partial charge on any atom is 0.329 e. The Balaban J connectivity index is 1.35. The van der Waals surface area contributed by atoms with Gasteiger partial charge in [-0.3, -0.25) is 14.7 Å². The van der Waals surface area contributed by atoms with Crippen LogP contribution in [0.15, 0.2) is 59.1 Å². The van der Waals surface area contributed by atoms with E-state index in [1.807, 2.05) is 29.2 Å². The molecule has 2 saturated heterocycles. The fraction of sp³-hybridized carbons (Fsp3) is 0.387. The smallest absolute Gasteiger partial charge is 0.329 e. The van der Waals surface area contributed by atoms with Gasteiger partial charge in [0.25, 0.3) is 0 Å². The van der Waals surface area contributed by atoms with Gasteiger partial charge in [-0.2, -0.15) is 0 Å². The fourth-order valence-electron chi connectivity index (χ4n) is 6.46. The molecular weight excluding hydrogens is 611 g/mol. The van der Waals surface area contributed by atoms with E-state index in [1.165, 1.54) is 12.0 Å². The SMILES string of the molecule is COc1ccc(CN2Cc3c(Br)cc(CN4CC5CC4CN5C(C)C)cc3N(c3c(Cl)cccc3Cl)C2=O)cc1. The largest absolute Gasteiger partial charge is 0.497 e. The molecule has 3 aromatic rings. The summed E-state index contributed by atoms with van der Waals surface area (Å²) in [5.74, 6) is 0.780. The van der Waals surface area contributed by atoms with Crippen LogP contribution in [0.2, 0.25) is 10.0 Å². The van der Waals surface area contributed by atoms with Crippen molar-refractivity contribution in [3.05, 3.63) is 85.8 Å². The van der Waals surface area contributed by atoms with E-state index in [4.69, 9.17) is 27.9 Å². The maximum atomic E-state index is 14.2. The molecule has 210 valence electrons. The molecule has 9 heteroatoms. The number of carbonyl (C=O) groups excluding carboxylic acids is 1. The number of carbonyl (C=O) groups is 1. The minimum atomic E-state index is -0.157. The van der Waals surface area contributed by atoms with Crippen LogP contribution < -0.4 is 9.64 Å². The second-order valence-electron chi connectivity index (χ2n) is 11.2. The number of rotatable bonds is 7. The third-order valence-electron chi connectivity index (χ3n) is 8.42. The lowest BCUT2D eigenvalue weighted by molar-refractivity contribution is 0.0998. The van der Waals surface area contributed by atoms with Gasteiger partial charge in [0.1, 0.15) is 5.75 Å². The minimum absolute atomic E-state index is 0.157. The van der Waals surface area contributed by atoms with Gasteiger partial charge in [-0.15, -0.1) is 0 Å². The van der Waals surface area contributed by atoms with Gasteiger partial charge in [-0.25, -0.2) is 4.79 Å². The summed E-state index contributed by atoms with van der Waals surface area (Å²) in [7, 11) is 1.64. The molecule has 40 heavy (non-hydrogen) atoms. The lowest BCUT2D eigenvalue weighted by atomic mass is 10.0. The molecule has 2 atom stereocenters. The number of amides is 2. The summed E-state index contributed by atoms with van der Waals surface area (Å²) in [6.07, 6.45) is 1.23. The third-order valence-corrected chi connectivity index (χ3v) is 9.74. The third kappa shape index (κ3) is 5.12. The van der Waals surface area contributed by atoms with Crippen LogP contribution in [0.1, 0.15) is 37.0 Å². The van der Waals surface area contributed by atoms with Crippen LogP contribution in [0.25, 0.3) is 0 Å². The fourth-order valence-corrected chi connectivity index (χ4v) is 7.65. The molecule has 3 aliphatic rings. The normalized spacial score (nSPS) is 21.0. The minimum Gasteiger partial charge on any atom is -0.497 e. The number of methoxy groups -OCH3 is 1. The average Bonchev–Trinajstić information content (AvgIpc) is 3.52. The number of para-hydroxylation sites is 1. The van der Waals surface area contributed by atoms with Crippen LogP contribution in [0.5, 0.6) is 5.75 Å². The van der Waals surface area contributed by atoms with Crippen molar-refractivity contribution in [2.75, 3.05) is 25.1 Å². The van der Waals surface area contributed by atoms with Crippen molar-refractivity contribution in [3.8, 4) is 5.75 Å². The number of likely N-dealkylation sites (tertiary alicyclic amines) is 2. The van der Waals surface area contributed by atoms with Crippen LogP contribution in [0.3, 0.4) is 0 Å². The van der Waals surface area contributed by atoms with Gasteiger partial charge in [-0.05, 0) is 67.8 Å². The summed E-state index contributed by atoms with van der Waals surface area (Å²) in [6.45, 7) is 8.52. The summed E-state index contributed by atoms with van der Waals surface area (Å²) in [6, 6.07) is 19.1. The predicted octanol–water partition coefficient (Wildman–Crippen LogP) is 7.71. The van der Waals surface area contributed by atoms with Crippen LogP contribution in [0.4, 0.5) is 16.2 Å². The van der Waals surface area contributed by atoms with Crippen LogP contribution in [-0.4, -0.2) is 59.1 Å². The average molecular weight is 644 g/mol. The lowest BCUT2D eigenvalue weighted by Crippen LogP contribution is -2.48. The highest BCUT2D eigenvalue weighted by Gasteiger charge is 2.44. The molecule has 0 spiro atoms. The van der Waals surface area contributed by atoms with Gasteiger partial charge in [0.15, 0.2) is 0 Å². The molecule has 2 bridgehead atoms. The number of piperazine rings is 1. The molecule has 3 heterocycles. The number of halogens is 3. The first-order chi connectivity index (χ1) is 19.2. The number of hydrogen-bond acceptors (Lipinski definition) is 4. The molecule has 2 amide bonds. The van der Waals surface area contributed by atoms with Crippen molar-refractivity contribution in [2.24, 2.45) is 0 Å². The van der Waals surface area contributed by atoms with Gasteiger partial charge in [0.05, 0.1) is 35.1 Å². The highest BCUT2D eigenvalue weighted by Crippen LogP contribution is 2.45. The predicted molar refractivity (Wildman–Crippen MR) is 165 cm³/mol. The summed E-state index contributed by atoms with van der Waals surface area (Å²) in [5, 5.41) is 0.871. The molecule has 3 aromatic carbocycles. The van der Waals surface area contributed by atoms with Crippen molar-refractivity contribution in [3.63, 3.8) is 0 Å². The Morgan fingerprint density at radius 3 is 2.33 bits per heavy atom. The zero-order valence-electron chi connectivity index (χ0n) is 22.9. The Labute approximate surface area is 254 Å². The van der Waals surface area contributed by atoms with Gasteiger partial charge >= 0.3 is 6.03 Å². The second kappa shape index (κ2) is 11.2. The first-order valence-electron chi connectivity index (χ1n) is 13.7. The molecule has 0 radical (unpaired) electrons. The van der Waals surface area contributed by atoms with Crippen LogP contribution in [0, 0.1) is 0 Å². The summed E-state index contributed by atoms with van der Waals surface area (Å²) in [5.41, 5.74) is 4.53.